The fourth-order valence-corrected chi connectivity index (χ4v) is 4.63. The third-order valence-corrected chi connectivity index (χ3v) is 6.57. The molecule has 6 nitrogen and oxygen atoms in total. The number of amides is 2. The van der Waals surface area contributed by atoms with E-state index in [1.54, 1.807) is 18.2 Å². The number of hydrogen-bond donors (Lipinski definition) is 2. The lowest BCUT2D eigenvalue weighted by molar-refractivity contribution is -0.120. The lowest BCUT2D eigenvalue weighted by Gasteiger charge is -2.21. The Morgan fingerprint density at radius 1 is 0.882 bits per heavy atom. The minimum atomic E-state index is -0.931. The Labute approximate surface area is 201 Å². The van der Waals surface area contributed by atoms with E-state index in [0.717, 1.165) is 37.8 Å². The number of carbonyl (C=O) groups is 3. The molecule has 1 saturated carbocycles. The number of hydrogen-bond acceptors (Lipinski definition) is 5. The van der Waals surface area contributed by atoms with Crippen LogP contribution in [0.1, 0.15) is 55.3 Å². The van der Waals surface area contributed by atoms with Crippen molar-refractivity contribution in [1.82, 2.24) is 5.32 Å². The van der Waals surface area contributed by atoms with Crippen molar-refractivity contribution in [3.05, 3.63) is 59.7 Å². The summed E-state index contributed by atoms with van der Waals surface area (Å²) in [5.41, 5.74) is -0.397. The smallest absolute Gasteiger partial charge is 0.339 e. The Bertz CT molecular complexity index is 990. The molecule has 0 aliphatic heterocycles. The summed E-state index contributed by atoms with van der Waals surface area (Å²) in [4.78, 5) is 37.5. The zero-order valence-electron chi connectivity index (χ0n) is 18.8. The van der Waals surface area contributed by atoms with Gasteiger partial charge in [0, 0.05) is 10.9 Å². The van der Waals surface area contributed by atoms with Gasteiger partial charge in [0.05, 0.1) is 11.3 Å². The number of para-hydroxylation sites is 1. The zero-order valence-corrected chi connectivity index (χ0v) is 19.6. The third kappa shape index (κ3) is 7.83. The van der Waals surface area contributed by atoms with Gasteiger partial charge in [-0.1, -0.05) is 50.3 Å². The van der Waals surface area contributed by atoms with E-state index in [4.69, 9.17) is 4.74 Å². The van der Waals surface area contributed by atoms with E-state index in [2.05, 4.69) is 10.6 Å². The molecular weight excluding hydrogens is 462 g/mol. The first-order valence-corrected chi connectivity index (χ1v) is 12.3. The highest BCUT2D eigenvalue weighted by Gasteiger charge is 2.18. The molecule has 1 aliphatic carbocycles. The maximum atomic E-state index is 13.7. The van der Waals surface area contributed by atoms with Gasteiger partial charge in [-0.2, -0.15) is 0 Å². The second kappa shape index (κ2) is 13.1. The first-order valence-electron chi connectivity index (χ1n) is 11.4. The van der Waals surface area contributed by atoms with Crippen LogP contribution in [-0.2, 0) is 14.3 Å². The molecule has 2 aromatic rings. The number of anilines is 1. The van der Waals surface area contributed by atoms with Crippen LogP contribution in [0.15, 0.2) is 47.4 Å². The number of ether oxygens (including phenoxy) is 1. The predicted octanol–water partition coefficient (Wildman–Crippen LogP) is 5.08. The summed E-state index contributed by atoms with van der Waals surface area (Å²) in [6.07, 6.45) is 7.85. The van der Waals surface area contributed by atoms with Gasteiger partial charge in [0.25, 0.3) is 5.91 Å². The number of halogens is 2. The van der Waals surface area contributed by atoms with Crippen LogP contribution in [0, 0.1) is 11.6 Å². The summed E-state index contributed by atoms with van der Waals surface area (Å²) < 4.78 is 32.4. The van der Waals surface area contributed by atoms with Gasteiger partial charge in [0.15, 0.2) is 6.61 Å². The van der Waals surface area contributed by atoms with Gasteiger partial charge < -0.3 is 15.4 Å². The molecule has 0 saturated heterocycles. The topological polar surface area (TPSA) is 84.5 Å². The molecule has 0 atom stereocenters. The Hall–Kier alpha value is -2.94. The van der Waals surface area contributed by atoms with Crippen LogP contribution in [0.2, 0.25) is 0 Å². The standard InChI is InChI=1S/C25H28F2N2O4S/c26-19-12-8-13-20(27)24(19)29-22(30)15-33-25(32)18-11-6-7-14-21(18)34-16-23(31)28-17-9-4-2-1-3-5-10-17/h6-8,11-14,17H,1-5,9-10,15-16H2,(H,28,31)(H,29,30). The molecule has 0 unspecified atom stereocenters. The Morgan fingerprint density at radius 2 is 1.53 bits per heavy atom. The molecule has 0 radical (unpaired) electrons. The van der Waals surface area contributed by atoms with Gasteiger partial charge in [-0.05, 0) is 37.1 Å². The van der Waals surface area contributed by atoms with Crippen molar-refractivity contribution in [2.24, 2.45) is 0 Å². The Balaban J connectivity index is 1.51. The number of thioether (sulfide) groups is 1. The molecule has 34 heavy (non-hydrogen) atoms. The van der Waals surface area contributed by atoms with E-state index in [0.29, 0.717) is 4.90 Å². The number of benzene rings is 2. The molecule has 9 heteroatoms. The molecule has 0 spiro atoms. The van der Waals surface area contributed by atoms with Crippen LogP contribution in [0.25, 0.3) is 0 Å². The predicted molar refractivity (Wildman–Crippen MR) is 127 cm³/mol. The van der Waals surface area contributed by atoms with Crippen molar-refractivity contribution in [1.29, 1.82) is 0 Å². The molecule has 2 amide bonds. The normalized spacial score (nSPS) is 14.5. The number of rotatable bonds is 8. The molecule has 1 fully saturated rings. The fourth-order valence-electron chi connectivity index (χ4n) is 3.78. The van der Waals surface area contributed by atoms with Crippen LogP contribution in [0.3, 0.4) is 0 Å². The minimum Gasteiger partial charge on any atom is -0.452 e. The van der Waals surface area contributed by atoms with Crippen molar-refractivity contribution >= 4 is 35.2 Å². The molecule has 3 rings (SSSR count). The highest BCUT2D eigenvalue weighted by atomic mass is 32.2. The molecule has 182 valence electrons. The van der Waals surface area contributed by atoms with E-state index >= 15 is 0 Å². The van der Waals surface area contributed by atoms with Crippen molar-refractivity contribution < 1.29 is 27.9 Å². The molecule has 0 heterocycles. The lowest BCUT2D eigenvalue weighted by atomic mass is 9.97. The molecule has 2 N–H and O–H groups in total. The molecule has 0 bridgehead atoms. The average Bonchev–Trinajstić information content (AvgIpc) is 2.80. The zero-order chi connectivity index (χ0) is 24.3. The number of nitrogens with one attached hydrogen (secondary N) is 2. The second-order valence-corrected chi connectivity index (χ2v) is 9.13. The van der Waals surface area contributed by atoms with Gasteiger partial charge in [-0.3, -0.25) is 9.59 Å². The summed E-state index contributed by atoms with van der Waals surface area (Å²) in [7, 11) is 0. The summed E-state index contributed by atoms with van der Waals surface area (Å²) in [5, 5.41) is 5.15. The second-order valence-electron chi connectivity index (χ2n) is 8.12. The highest BCUT2D eigenvalue weighted by molar-refractivity contribution is 8.00. The van der Waals surface area contributed by atoms with Crippen molar-refractivity contribution in [2.75, 3.05) is 17.7 Å². The summed E-state index contributed by atoms with van der Waals surface area (Å²) >= 11 is 1.21. The van der Waals surface area contributed by atoms with E-state index in [1.165, 1.54) is 43.2 Å². The summed E-state index contributed by atoms with van der Waals surface area (Å²) in [6, 6.07) is 9.98. The van der Waals surface area contributed by atoms with E-state index in [9.17, 15) is 23.2 Å². The maximum Gasteiger partial charge on any atom is 0.339 e. The maximum absolute atomic E-state index is 13.7. The molecular formula is C25H28F2N2O4S. The van der Waals surface area contributed by atoms with Crippen molar-refractivity contribution in [3.8, 4) is 0 Å². The SMILES string of the molecule is O=C(COC(=O)c1ccccc1SCC(=O)NC1CCCCCCC1)Nc1c(F)cccc1F. The fraction of sp³-hybridized carbons (Fsp3) is 0.400. The Kier molecular flexibility index (Phi) is 9.88. The monoisotopic (exact) mass is 490 g/mol. The van der Waals surface area contributed by atoms with Crippen LogP contribution in [0.4, 0.5) is 14.5 Å². The van der Waals surface area contributed by atoms with Crippen LogP contribution in [0.5, 0.6) is 0 Å². The van der Waals surface area contributed by atoms with Gasteiger partial charge >= 0.3 is 5.97 Å². The number of carbonyl (C=O) groups excluding carboxylic acids is 3. The molecule has 1 aliphatic rings. The minimum absolute atomic E-state index is 0.0926. The van der Waals surface area contributed by atoms with Gasteiger partial charge in [-0.25, -0.2) is 13.6 Å². The van der Waals surface area contributed by atoms with Crippen molar-refractivity contribution in [3.63, 3.8) is 0 Å². The van der Waals surface area contributed by atoms with Crippen molar-refractivity contribution in [2.45, 2.75) is 55.9 Å². The van der Waals surface area contributed by atoms with Gasteiger partial charge in [0.1, 0.15) is 17.3 Å². The molecule has 2 aromatic carbocycles. The average molecular weight is 491 g/mol. The van der Waals surface area contributed by atoms with Crippen LogP contribution in [-0.4, -0.2) is 36.2 Å². The van der Waals surface area contributed by atoms with Crippen LogP contribution >= 0.6 is 11.8 Å². The van der Waals surface area contributed by atoms with E-state index in [1.807, 2.05) is 0 Å². The first kappa shape index (κ1) is 25.7. The first-order chi connectivity index (χ1) is 16.4. The molecule has 0 aromatic heterocycles. The van der Waals surface area contributed by atoms with E-state index in [-0.39, 0.29) is 23.3 Å². The lowest BCUT2D eigenvalue weighted by Crippen LogP contribution is -2.36. The Morgan fingerprint density at radius 3 is 2.24 bits per heavy atom. The van der Waals surface area contributed by atoms with Gasteiger partial charge in [-0.15, -0.1) is 11.8 Å². The van der Waals surface area contributed by atoms with Gasteiger partial charge in [0.2, 0.25) is 5.91 Å². The highest BCUT2D eigenvalue weighted by Crippen LogP contribution is 2.24. The third-order valence-electron chi connectivity index (χ3n) is 5.50. The van der Waals surface area contributed by atoms with Crippen LogP contribution < -0.4 is 10.6 Å². The summed E-state index contributed by atoms with van der Waals surface area (Å²) in [6.45, 7) is -0.715. The quantitative estimate of drug-likeness (QED) is 0.398. The van der Waals surface area contributed by atoms with E-state index < -0.39 is 35.8 Å². The largest absolute Gasteiger partial charge is 0.452 e. The number of esters is 1. The summed E-state index contributed by atoms with van der Waals surface area (Å²) in [5.74, 6) is -3.45.